The Morgan fingerprint density at radius 3 is 2.75 bits per heavy atom. The second kappa shape index (κ2) is 5.74. The van der Waals surface area contributed by atoms with Crippen LogP contribution in [0.3, 0.4) is 0 Å². The van der Waals surface area contributed by atoms with Crippen molar-refractivity contribution in [3.8, 4) is 0 Å². The van der Waals surface area contributed by atoms with Gasteiger partial charge in [0.15, 0.2) is 5.82 Å². The van der Waals surface area contributed by atoms with E-state index in [9.17, 15) is 5.11 Å². The molecule has 126 valence electrons. The number of fused-ring (bicyclic) bond motifs is 3. The maximum Gasteiger partial charge on any atom is 0.152 e. The summed E-state index contributed by atoms with van der Waals surface area (Å²) in [6.07, 6.45) is 7.78. The van der Waals surface area contributed by atoms with E-state index in [1.165, 1.54) is 6.42 Å². The monoisotopic (exact) mass is 324 g/mol. The molecule has 1 aliphatic carbocycles. The number of para-hydroxylation sites is 1. The van der Waals surface area contributed by atoms with Gasteiger partial charge in [0.2, 0.25) is 0 Å². The van der Waals surface area contributed by atoms with E-state index in [0.29, 0.717) is 5.82 Å². The van der Waals surface area contributed by atoms with Crippen molar-refractivity contribution >= 4 is 27.8 Å². The van der Waals surface area contributed by atoms with Crippen molar-refractivity contribution in [2.24, 2.45) is 0 Å². The van der Waals surface area contributed by atoms with Crippen molar-refractivity contribution < 1.29 is 5.11 Å². The Bertz CT molecular complexity index is 880. The van der Waals surface area contributed by atoms with Crippen molar-refractivity contribution in [3.05, 3.63) is 30.6 Å². The zero-order valence-corrected chi connectivity index (χ0v) is 14.1. The highest BCUT2D eigenvalue weighted by atomic mass is 16.3. The largest absolute Gasteiger partial charge is 0.388 e. The van der Waals surface area contributed by atoms with Crippen molar-refractivity contribution in [2.45, 2.75) is 57.1 Å². The molecule has 5 nitrogen and oxygen atoms in total. The van der Waals surface area contributed by atoms with E-state index >= 15 is 0 Å². The number of nitrogens with two attached hydrogens (primary N) is 1. The summed E-state index contributed by atoms with van der Waals surface area (Å²) in [7, 11) is 0. The van der Waals surface area contributed by atoms with E-state index in [4.69, 9.17) is 5.73 Å². The fraction of sp³-hybridized carbons (Fsp3) is 0.474. The first-order valence-corrected chi connectivity index (χ1v) is 8.87. The highest BCUT2D eigenvalue weighted by Crippen LogP contribution is 2.41. The maximum atomic E-state index is 11.3. The average Bonchev–Trinajstić information content (AvgIpc) is 3.02. The van der Waals surface area contributed by atoms with Gasteiger partial charge in [-0.2, -0.15) is 0 Å². The fourth-order valence-electron chi connectivity index (χ4n) is 4.34. The molecule has 0 aliphatic heterocycles. The summed E-state index contributed by atoms with van der Waals surface area (Å²) >= 11 is 0. The molecule has 2 heterocycles. The Morgan fingerprint density at radius 2 is 2.00 bits per heavy atom. The van der Waals surface area contributed by atoms with Crippen LogP contribution in [0.5, 0.6) is 0 Å². The summed E-state index contributed by atoms with van der Waals surface area (Å²) in [6.45, 7) is 2.13. The van der Waals surface area contributed by atoms with E-state index in [1.807, 2.05) is 24.5 Å². The van der Waals surface area contributed by atoms with Gasteiger partial charge in [-0.3, -0.25) is 0 Å². The van der Waals surface area contributed by atoms with E-state index in [1.54, 1.807) is 0 Å². The van der Waals surface area contributed by atoms with Crippen LogP contribution in [0, 0.1) is 0 Å². The van der Waals surface area contributed by atoms with Gasteiger partial charge in [-0.15, -0.1) is 0 Å². The molecule has 1 aliphatic rings. The van der Waals surface area contributed by atoms with Gasteiger partial charge in [0.25, 0.3) is 0 Å². The predicted octanol–water partition coefficient (Wildman–Crippen LogP) is 3.81. The van der Waals surface area contributed by atoms with Gasteiger partial charge >= 0.3 is 0 Å². The Kier molecular flexibility index (Phi) is 3.68. The first-order valence-electron chi connectivity index (χ1n) is 8.87. The van der Waals surface area contributed by atoms with Crippen LogP contribution in [0.15, 0.2) is 30.6 Å². The molecule has 2 aromatic heterocycles. The summed E-state index contributed by atoms with van der Waals surface area (Å²) in [5.41, 5.74) is 8.06. The molecule has 0 unspecified atom stereocenters. The number of nitrogens with zero attached hydrogens (tertiary/aromatic N) is 3. The smallest absolute Gasteiger partial charge is 0.152 e. The van der Waals surface area contributed by atoms with E-state index in [2.05, 4.69) is 27.5 Å². The van der Waals surface area contributed by atoms with Crippen molar-refractivity contribution in [3.63, 3.8) is 0 Å². The van der Waals surface area contributed by atoms with E-state index in [0.717, 1.165) is 54.0 Å². The fourth-order valence-corrected chi connectivity index (χ4v) is 4.34. The summed E-state index contributed by atoms with van der Waals surface area (Å²) in [5, 5.41) is 12.3. The maximum absolute atomic E-state index is 11.3. The van der Waals surface area contributed by atoms with Gasteiger partial charge in [0, 0.05) is 5.39 Å². The molecular formula is C19H24N4O. The van der Waals surface area contributed by atoms with Crippen LogP contribution in [-0.4, -0.2) is 25.2 Å². The lowest BCUT2D eigenvalue weighted by molar-refractivity contribution is -0.0433. The number of hydrogen-bond donors (Lipinski definition) is 2. The molecular weight excluding hydrogens is 300 g/mol. The van der Waals surface area contributed by atoms with Gasteiger partial charge < -0.3 is 15.4 Å². The Hall–Kier alpha value is -2.14. The van der Waals surface area contributed by atoms with E-state index in [-0.39, 0.29) is 6.04 Å². The van der Waals surface area contributed by atoms with Crippen molar-refractivity contribution in [2.75, 3.05) is 5.73 Å². The first-order chi connectivity index (χ1) is 11.6. The molecule has 0 spiro atoms. The van der Waals surface area contributed by atoms with Crippen molar-refractivity contribution in [1.82, 2.24) is 14.5 Å². The lowest BCUT2D eigenvalue weighted by Gasteiger charge is -2.39. The second-order valence-corrected chi connectivity index (χ2v) is 6.95. The minimum Gasteiger partial charge on any atom is -0.388 e. The average molecular weight is 324 g/mol. The number of imidazole rings is 1. The third-order valence-corrected chi connectivity index (χ3v) is 5.50. The van der Waals surface area contributed by atoms with Gasteiger partial charge in [-0.05, 0) is 25.3 Å². The molecule has 5 heteroatoms. The van der Waals surface area contributed by atoms with Crippen LogP contribution in [0.4, 0.5) is 5.82 Å². The van der Waals surface area contributed by atoms with E-state index < -0.39 is 5.60 Å². The van der Waals surface area contributed by atoms with Crippen molar-refractivity contribution in [1.29, 1.82) is 0 Å². The highest BCUT2D eigenvalue weighted by molar-refractivity contribution is 6.06. The molecule has 1 atom stereocenters. The minimum absolute atomic E-state index is 0.00741. The van der Waals surface area contributed by atoms with Crippen LogP contribution in [0.25, 0.3) is 21.9 Å². The lowest BCUT2D eigenvalue weighted by atomic mass is 9.78. The lowest BCUT2D eigenvalue weighted by Crippen LogP contribution is -2.40. The molecule has 3 aromatic rings. The predicted molar refractivity (Wildman–Crippen MR) is 96.8 cm³/mol. The molecule has 0 radical (unpaired) electrons. The molecule has 0 bridgehead atoms. The van der Waals surface area contributed by atoms with Gasteiger partial charge in [-0.25, -0.2) is 9.97 Å². The zero-order valence-electron chi connectivity index (χ0n) is 14.1. The molecule has 1 aromatic carbocycles. The number of aliphatic hydroxyl groups is 1. The van der Waals surface area contributed by atoms with Crippen LogP contribution >= 0.6 is 0 Å². The van der Waals surface area contributed by atoms with Crippen LogP contribution < -0.4 is 5.73 Å². The molecule has 1 fully saturated rings. The van der Waals surface area contributed by atoms with Crippen LogP contribution in [-0.2, 0) is 0 Å². The number of pyridine rings is 1. The molecule has 0 saturated heterocycles. The number of anilines is 1. The van der Waals surface area contributed by atoms with Gasteiger partial charge in [0.1, 0.15) is 5.52 Å². The molecule has 4 rings (SSSR count). The molecule has 24 heavy (non-hydrogen) atoms. The summed E-state index contributed by atoms with van der Waals surface area (Å²) in [4.78, 5) is 9.00. The summed E-state index contributed by atoms with van der Waals surface area (Å²) < 4.78 is 2.14. The van der Waals surface area contributed by atoms with Crippen LogP contribution in [0.2, 0.25) is 0 Å². The Morgan fingerprint density at radius 1 is 1.25 bits per heavy atom. The molecule has 1 saturated carbocycles. The Labute approximate surface area is 141 Å². The number of hydrogen-bond acceptors (Lipinski definition) is 4. The first kappa shape index (κ1) is 15.4. The van der Waals surface area contributed by atoms with Crippen LogP contribution in [0.1, 0.15) is 51.5 Å². The highest BCUT2D eigenvalue weighted by Gasteiger charge is 2.38. The minimum atomic E-state index is -0.667. The number of nitrogen functional groups attached to an aromatic ring is 1. The van der Waals surface area contributed by atoms with Gasteiger partial charge in [-0.1, -0.05) is 44.4 Å². The number of rotatable bonds is 3. The normalized spacial score (nSPS) is 18.9. The topological polar surface area (TPSA) is 77.0 Å². The van der Waals surface area contributed by atoms with Gasteiger partial charge in [0.05, 0.1) is 29.0 Å². The Balaban J connectivity index is 1.95. The number of aromatic nitrogens is 3. The molecule has 3 N–H and O–H groups in total. The second-order valence-electron chi connectivity index (χ2n) is 6.95. The third kappa shape index (κ3) is 2.26. The summed E-state index contributed by atoms with van der Waals surface area (Å²) in [5.74, 6) is 0.452. The zero-order chi connectivity index (χ0) is 16.7. The quantitative estimate of drug-likeness (QED) is 0.768. The number of benzene rings is 1. The molecule has 0 amide bonds. The third-order valence-electron chi connectivity index (χ3n) is 5.50. The standard InChI is InChI=1S/C19H24N4O/c1-2-15(19(24)10-6-3-7-11-19)23-12-21-16-17(23)13-8-4-5-9-14(13)22-18(16)20/h4-5,8-9,12,15,24H,2-3,6-7,10-11H2,1H3,(H2,20,22)/t15-/m1/s1. The SMILES string of the molecule is CC[C@@H](n1cnc2c(N)nc3ccccc3c21)C1(O)CCCCC1. The summed E-state index contributed by atoms with van der Waals surface area (Å²) in [6, 6.07) is 8.01.